The Kier molecular flexibility index (Phi) is 6.46. The highest BCUT2D eigenvalue weighted by atomic mass is 35.5. The summed E-state index contributed by atoms with van der Waals surface area (Å²) in [4.78, 5) is 23.7. The van der Waals surface area contributed by atoms with E-state index in [0.717, 1.165) is 6.42 Å². The van der Waals surface area contributed by atoms with E-state index in [1.54, 1.807) is 24.3 Å². The molecule has 2 rings (SSSR count). The predicted molar refractivity (Wildman–Crippen MR) is 99.7 cm³/mol. The van der Waals surface area contributed by atoms with Crippen LogP contribution in [0.2, 0.25) is 5.02 Å². The number of amides is 1. The summed E-state index contributed by atoms with van der Waals surface area (Å²) in [6, 6.07) is 9.23. The van der Waals surface area contributed by atoms with Crippen molar-refractivity contribution in [1.29, 1.82) is 0 Å². The maximum Gasteiger partial charge on any atom is 0.335 e. The molecule has 0 aliphatic rings. The number of hydrogen-bond acceptors (Lipinski definition) is 4. The minimum Gasteiger partial charge on any atom is -0.493 e. The first kappa shape index (κ1) is 19.6. The van der Waals surface area contributed by atoms with Gasteiger partial charge in [-0.3, -0.25) is 4.79 Å². The number of rotatable bonds is 7. The number of methoxy groups -OCH3 is 1. The lowest BCUT2D eigenvalue weighted by Crippen LogP contribution is -2.14. The molecule has 0 aliphatic heterocycles. The van der Waals surface area contributed by atoms with Crippen LogP contribution in [-0.4, -0.2) is 30.2 Å². The predicted octanol–water partition coefficient (Wildman–Crippen LogP) is 4.48. The standard InChI is InChI=1S/C19H20ClNO5/c1-4-11(2)26-14-7-5-12(6-8-14)18(22)21-16-10-13(19(23)24)9-15(20)17(16)25-3/h5-11H,4H2,1-3H3,(H,21,22)(H,23,24)/t11-/m1/s1. The zero-order chi connectivity index (χ0) is 19.3. The number of carbonyl (C=O) groups is 2. The van der Waals surface area contributed by atoms with Crippen molar-refractivity contribution in [2.75, 3.05) is 12.4 Å². The van der Waals surface area contributed by atoms with Gasteiger partial charge in [0, 0.05) is 5.56 Å². The van der Waals surface area contributed by atoms with Crippen LogP contribution in [0.15, 0.2) is 36.4 Å². The largest absolute Gasteiger partial charge is 0.493 e. The van der Waals surface area contributed by atoms with Crippen molar-refractivity contribution >= 4 is 29.2 Å². The highest BCUT2D eigenvalue weighted by molar-refractivity contribution is 6.33. The number of carboxylic acids is 1. The summed E-state index contributed by atoms with van der Waals surface area (Å²) < 4.78 is 10.8. The number of carbonyl (C=O) groups excluding carboxylic acids is 1. The normalized spacial score (nSPS) is 11.5. The summed E-state index contributed by atoms with van der Waals surface area (Å²) in [7, 11) is 1.39. The highest BCUT2D eigenvalue weighted by Crippen LogP contribution is 2.34. The smallest absolute Gasteiger partial charge is 0.335 e. The number of ether oxygens (including phenoxy) is 2. The van der Waals surface area contributed by atoms with Crippen molar-refractivity contribution in [3.05, 3.63) is 52.5 Å². The van der Waals surface area contributed by atoms with Gasteiger partial charge in [-0.25, -0.2) is 4.79 Å². The maximum absolute atomic E-state index is 12.5. The second-order valence-corrected chi connectivity index (χ2v) is 6.07. The van der Waals surface area contributed by atoms with Crippen LogP contribution in [0.5, 0.6) is 11.5 Å². The number of carboxylic acid groups (broad SMARTS) is 1. The first-order valence-corrected chi connectivity index (χ1v) is 8.42. The number of anilines is 1. The molecule has 0 saturated heterocycles. The van der Waals surface area contributed by atoms with Crippen molar-refractivity contribution in [3.63, 3.8) is 0 Å². The first-order chi connectivity index (χ1) is 12.3. The van der Waals surface area contributed by atoms with Gasteiger partial charge in [0.05, 0.1) is 29.5 Å². The zero-order valence-corrected chi connectivity index (χ0v) is 15.5. The Hall–Kier alpha value is -2.73. The number of halogens is 1. The van der Waals surface area contributed by atoms with Gasteiger partial charge in [0.2, 0.25) is 0 Å². The van der Waals surface area contributed by atoms with E-state index in [-0.39, 0.29) is 28.1 Å². The van der Waals surface area contributed by atoms with Gasteiger partial charge >= 0.3 is 5.97 Å². The van der Waals surface area contributed by atoms with Crippen molar-refractivity contribution in [2.45, 2.75) is 26.4 Å². The second-order valence-electron chi connectivity index (χ2n) is 5.66. The third-order valence-corrected chi connectivity index (χ3v) is 4.05. The number of aromatic carboxylic acids is 1. The van der Waals surface area contributed by atoms with Gasteiger partial charge in [-0.05, 0) is 49.7 Å². The van der Waals surface area contributed by atoms with E-state index >= 15 is 0 Å². The molecule has 7 heteroatoms. The topological polar surface area (TPSA) is 84.9 Å². The van der Waals surface area contributed by atoms with E-state index < -0.39 is 11.9 Å². The van der Waals surface area contributed by atoms with Gasteiger partial charge in [-0.15, -0.1) is 0 Å². The van der Waals surface area contributed by atoms with Crippen LogP contribution in [0.4, 0.5) is 5.69 Å². The third-order valence-electron chi connectivity index (χ3n) is 3.77. The van der Waals surface area contributed by atoms with Crippen LogP contribution in [0.25, 0.3) is 0 Å². The first-order valence-electron chi connectivity index (χ1n) is 8.04. The van der Waals surface area contributed by atoms with Crippen LogP contribution in [-0.2, 0) is 0 Å². The van der Waals surface area contributed by atoms with Crippen LogP contribution in [0.1, 0.15) is 41.0 Å². The summed E-state index contributed by atoms with van der Waals surface area (Å²) >= 11 is 6.03. The maximum atomic E-state index is 12.5. The fourth-order valence-corrected chi connectivity index (χ4v) is 2.51. The molecule has 138 valence electrons. The molecular formula is C19H20ClNO5. The molecule has 1 atom stereocenters. The van der Waals surface area contributed by atoms with Crippen LogP contribution < -0.4 is 14.8 Å². The third kappa shape index (κ3) is 4.67. The average molecular weight is 378 g/mol. The lowest BCUT2D eigenvalue weighted by molar-refractivity contribution is 0.0696. The van der Waals surface area contributed by atoms with Gasteiger partial charge in [0.15, 0.2) is 5.75 Å². The number of hydrogen-bond donors (Lipinski definition) is 2. The molecule has 0 radical (unpaired) electrons. The molecule has 0 bridgehead atoms. The van der Waals surface area contributed by atoms with Gasteiger partial charge < -0.3 is 19.9 Å². The van der Waals surface area contributed by atoms with Crippen LogP contribution in [0.3, 0.4) is 0 Å². The van der Waals surface area contributed by atoms with Gasteiger partial charge in [0.1, 0.15) is 5.75 Å². The highest BCUT2D eigenvalue weighted by Gasteiger charge is 2.17. The Morgan fingerprint density at radius 1 is 1.19 bits per heavy atom. The Morgan fingerprint density at radius 2 is 1.85 bits per heavy atom. The summed E-state index contributed by atoms with van der Waals surface area (Å²) in [6.45, 7) is 3.99. The van der Waals surface area contributed by atoms with E-state index in [9.17, 15) is 9.59 Å². The Morgan fingerprint density at radius 3 is 2.38 bits per heavy atom. The van der Waals surface area contributed by atoms with E-state index in [1.165, 1.54) is 19.2 Å². The van der Waals surface area contributed by atoms with Crippen molar-refractivity contribution in [3.8, 4) is 11.5 Å². The molecular weight excluding hydrogens is 358 g/mol. The molecule has 2 aromatic carbocycles. The van der Waals surface area contributed by atoms with Gasteiger partial charge in [-0.2, -0.15) is 0 Å². The van der Waals surface area contributed by atoms with E-state index in [2.05, 4.69) is 5.32 Å². The molecule has 0 unspecified atom stereocenters. The van der Waals surface area contributed by atoms with Crippen LogP contribution >= 0.6 is 11.6 Å². The average Bonchev–Trinajstić information content (AvgIpc) is 2.61. The summed E-state index contributed by atoms with van der Waals surface area (Å²) in [5.41, 5.74) is 0.520. The summed E-state index contributed by atoms with van der Waals surface area (Å²) in [5.74, 6) is -0.709. The van der Waals surface area contributed by atoms with E-state index in [0.29, 0.717) is 11.3 Å². The molecule has 26 heavy (non-hydrogen) atoms. The second kappa shape index (κ2) is 8.58. The molecule has 0 aliphatic carbocycles. The quantitative estimate of drug-likeness (QED) is 0.743. The van der Waals surface area contributed by atoms with E-state index in [4.69, 9.17) is 26.2 Å². The lowest BCUT2D eigenvalue weighted by atomic mass is 10.1. The molecule has 2 N–H and O–H groups in total. The van der Waals surface area contributed by atoms with Crippen molar-refractivity contribution in [2.24, 2.45) is 0 Å². The fourth-order valence-electron chi connectivity index (χ4n) is 2.21. The summed E-state index contributed by atoms with van der Waals surface area (Å²) in [6.07, 6.45) is 0.961. The van der Waals surface area contributed by atoms with Crippen molar-refractivity contribution in [1.82, 2.24) is 0 Å². The Bertz CT molecular complexity index is 804. The molecule has 0 heterocycles. The molecule has 0 spiro atoms. The monoisotopic (exact) mass is 377 g/mol. The Balaban J connectivity index is 2.22. The fraction of sp³-hybridized carbons (Fsp3) is 0.263. The number of benzene rings is 2. The minimum absolute atomic E-state index is 0.0524. The molecule has 0 fully saturated rings. The molecule has 0 aromatic heterocycles. The lowest BCUT2D eigenvalue weighted by Gasteiger charge is -2.14. The summed E-state index contributed by atoms with van der Waals surface area (Å²) in [5, 5.41) is 11.9. The molecule has 2 aromatic rings. The van der Waals surface area contributed by atoms with Gasteiger partial charge in [0.25, 0.3) is 5.91 Å². The Labute approximate surface area is 156 Å². The van der Waals surface area contributed by atoms with Crippen molar-refractivity contribution < 1.29 is 24.2 Å². The molecule has 6 nitrogen and oxygen atoms in total. The van der Waals surface area contributed by atoms with E-state index in [1.807, 2.05) is 13.8 Å². The zero-order valence-electron chi connectivity index (χ0n) is 14.7. The molecule has 1 amide bonds. The number of nitrogens with one attached hydrogen (secondary N) is 1. The van der Waals surface area contributed by atoms with Gasteiger partial charge in [-0.1, -0.05) is 18.5 Å². The van der Waals surface area contributed by atoms with Crippen LogP contribution in [0, 0.1) is 0 Å². The molecule has 0 saturated carbocycles. The SMILES string of the molecule is CC[C@@H](C)Oc1ccc(C(=O)Nc2cc(C(=O)O)cc(Cl)c2OC)cc1. The minimum atomic E-state index is -1.16.